The molecule has 0 amide bonds. The Morgan fingerprint density at radius 1 is 0.344 bits per heavy atom. The molecule has 1 atom stereocenters. The van der Waals surface area contributed by atoms with Crippen LogP contribution in [-0.4, -0.2) is 37.2 Å². The summed E-state index contributed by atoms with van der Waals surface area (Å²) in [5.41, 5.74) is 0. The first-order valence-electron chi connectivity index (χ1n) is 25.4. The second kappa shape index (κ2) is 49.5. The van der Waals surface area contributed by atoms with E-state index in [9.17, 15) is 14.4 Å². The minimum absolute atomic E-state index is 0.0980. The van der Waals surface area contributed by atoms with Crippen LogP contribution in [-0.2, 0) is 28.6 Å². The fourth-order valence-electron chi connectivity index (χ4n) is 6.90. The predicted molar refractivity (Wildman–Crippen MR) is 261 cm³/mol. The number of unbranched alkanes of at least 4 members (excludes halogenated alkanes) is 22. The molecule has 350 valence electrons. The van der Waals surface area contributed by atoms with E-state index in [2.05, 4.69) is 93.7 Å². The third kappa shape index (κ3) is 47.7. The van der Waals surface area contributed by atoms with Crippen LogP contribution >= 0.6 is 0 Å². The summed E-state index contributed by atoms with van der Waals surface area (Å²) in [6, 6.07) is 0. The van der Waals surface area contributed by atoms with Gasteiger partial charge in [-0.1, -0.05) is 190 Å². The van der Waals surface area contributed by atoms with Crippen LogP contribution in [0, 0.1) is 0 Å². The van der Waals surface area contributed by atoms with E-state index in [-0.39, 0.29) is 37.5 Å². The highest BCUT2D eigenvalue weighted by Gasteiger charge is 2.19. The molecule has 0 spiro atoms. The Morgan fingerprint density at radius 2 is 0.639 bits per heavy atom. The van der Waals surface area contributed by atoms with E-state index in [0.717, 1.165) is 103 Å². The number of hydrogen-bond donors (Lipinski definition) is 0. The number of rotatable bonds is 45. The molecule has 0 fully saturated rings. The maximum atomic E-state index is 12.7. The molecule has 0 bridgehead atoms. The highest BCUT2D eigenvalue weighted by molar-refractivity contribution is 5.71. The van der Waals surface area contributed by atoms with Crippen molar-refractivity contribution in [3.63, 3.8) is 0 Å². The lowest BCUT2D eigenvalue weighted by molar-refractivity contribution is -0.167. The van der Waals surface area contributed by atoms with Gasteiger partial charge in [-0.3, -0.25) is 14.4 Å². The number of hydrogen-bond acceptors (Lipinski definition) is 6. The summed E-state index contributed by atoms with van der Waals surface area (Å²) in [6.07, 6.45) is 61.8. The van der Waals surface area contributed by atoms with Gasteiger partial charge in [0.1, 0.15) is 13.2 Å². The highest BCUT2D eigenvalue weighted by atomic mass is 16.6. The van der Waals surface area contributed by atoms with E-state index in [1.807, 2.05) is 0 Å². The average molecular weight is 851 g/mol. The molecule has 0 heterocycles. The molecule has 0 radical (unpaired) electrons. The van der Waals surface area contributed by atoms with Crippen LogP contribution in [0.2, 0.25) is 0 Å². The van der Waals surface area contributed by atoms with E-state index in [0.29, 0.717) is 19.3 Å². The molecule has 0 aromatic rings. The number of esters is 3. The van der Waals surface area contributed by atoms with Gasteiger partial charge in [0.2, 0.25) is 0 Å². The predicted octanol–water partition coefficient (Wildman–Crippen LogP) is 16.6. The summed E-state index contributed by atoms with van der Waals surface area (Å²) in [7, 11) is 0. The Hall–Kier alpha value is -3.15. The van der Waals surface area contributed by atoms with Crippen molar-refractivity contribution in [3.8, 4) is 0 Å². The van der Waals surface area contributed by atoms with Gasteiger partial charge in [0.15, 0.2) is 6.10 Å². The monoisotopic (exact) mass is 851 g/mol. The third-order valence-corrected chi connectivity index (χ3v) is 10.7. The molecule has 0 rings (SSSR count). The molecule has 0 N–H and O–H groups in total. The molecule has 1 unspecified atom stereocenters. The number of carbonyl (C=O) groups excluding carboxylic acids is 3. The fraction of sp³-hybridized carbons (Fsp3) is 0.727. The maximum Gasteiger partial charge on any atom is 0.306 e. The lowest BCUT2D eigenvalue weighted by Gasteiger charge is -2.18. The van der Waals surface area contributed by atoms with E-state index < -0.39 is 6.10 Å². The minimum atomic E-state index is -0.801. The fourth-order valence-corrected chi connectivity index (χ4v) is 6.90. The van der Waals surface area contributed by atoms with Crippen molar-refractivity contribution in [1.29, 1.82) is 0 Å². The summed E-state index contributed by atoms with van der Waals surface area (Å²) < 4.78 is 16.7. The van der Waals surface area contributed by atoms with Crippen molar-refractivity contribution in [1.82, 2.24) is 0 Å². The van der Waals surface area contributed by atoms with Crippen LogP contribution in [0.25, 0.3) is 0 Å². The number of carbonyl (C=O) groups is 3. The minimum Gasteiger partial charge on any atom is -0.462 e. The Labute approximate surface area is 376 Å². The molecule has 6 nitrogen and oxygen atoms in total. The summed E-state index contributed by atoms with van der Waals surface area (Å²) in [5.74, 6) is -0.958. The lowest BCUT2D eigenvalue weighted by atomic mass is 10.1. The van der Waals surface area contributed by atoms with E-state index in [4.69, 9.17) is 14.2 Å². The number of allylic oxidation sites excluding steroid dienone is 12. The first-order valence-corrected chi connectivity index (χ1v) is 25.4. The Morgan fingerprint density at radius 3 is 1.05 bits per heavy atom. The zero-order chi connectivity index (χ0) is 44.4. The van der Waals surface area contributed by atoms with Crippen LogP contribution < -0.4 is 0 Å². The Kier molecular flexibility index (Phi) is 46.9. The van der Waals surface area contributed by atoms with Gasteiger partial charge >= 0.3 is 17.9 Å². The summed E-state index contributed by atoms with van der Waals surface area (Å²) in [5, 5.41) is 0. The number of ether oxygens (including phenoxy) is 3. The van der Waals surface area contributed by atoms with Crippen molar-refractivity contribution in [3.05, 3.63) is 72.9 Å². The smallest absolute Gasteiger partial charge is 0.306 e. The standard InChI is InChI=1S/C55H94O6/c1-4-7-10-13-16-19-22-25-26-27-28-29-30-31-34-36-39-42-45-48-54(57)60-51-52(61-55(58)49-46-43-40-37-33-24-21-18-15-12-9-6-3)50-59-53(56)47-44-41-38-35-32-23-20-17-14-11-8-5-2/h8-9,11-12,17-18,20-21,27-28,33,37,52H,4-7,10,13-16,19,22-26,29-32,34-36,38-51H2,1-3H3/b11-8-,12-9-,20-17-,21-18-,28-27-,37-33-. The quantitative estimate of drug-likeness (QED) is 0.0263. The van der Waals surface area contributed by atoms with Gasteiger partial charge in [0.25, 0.3) is 0 Å². The third-order valence-electron chi connectivity index (χ3n) is 10.7. The Bertz CT molecular complexity index is 1160. The summed E-state index contributed by atoms with van der Waals surface area (Å²) in [6.45, 7) is 6.36. The van der Waals surface area contributed by atoms with Gasteiger partial charge in [-0.2, -0.15) is 0 Å². The van der Waals surface area contributed by atoms with Crippen molar-refractivity contribution in [2.75, 3.05) is 13.2 Å². The average Bonchev–Trinajstić information content (AvgIpc) is 3.26. The van der Waals surface area contributed by atoms with Crippen LogP contribution in [0.15, 0.2) is 72.9 Å². The molecule has 6 heteroatoms. The van der Waals surface area contributed by atoms with Gasteiger partial charge in [-0.05, 0) is 103 Å². The van der Waals surface area contributed by atoms with Gasteiger partial charge in [0, 0.05) is 19.3 Å². The largest absolute Gasteiger partial charge is 0.462 e. The van der Waals surface area contributed by atoms with Crippen molar-refractivity contribution in [2.24, 2.45) is 0 Å². The molecule has 0 aliphatic rings. The van der Waals surface area contributed by atoms with E-state index in [1.54, 1.807) is 0 Å². The second-order valence-corrected chi connectivity index (χ2v) is 16.7. The van der Waals surface area contributed by atoms with Gasteiger partial charge in [-0.15, -0.1) is 0 Å². The van der Waals surface area contributed by atoms with Gasteiger partial charge < -0.3 is 14.2 Å². The van der Waals surface area contributed by atoms with Gasteiger partial charge in [-0.25, -0.2) is 0 Å². The summed E-state index contributed by atoms with van der Waals surface area (Å²) in [4.78, 5) is 37.9. The summed E-state index contributed by atoms with van der Waals surface area (Å²) >= 11 is 0. The van der Waals surface area contributed by atoms with Gasteiger partial charge in [0.05, 0.1) is 0 Å². The van der Waals surface area contributed by atoms with Crippen LogP contribution in [0.1, 0.15) is 239 Å². The Balaban J connectivity index is 4.38. The first-order chi connectivity index (χ1) is 30.0. The van der Waals surface area contributed by atoms with Crippen molar-refractivity contribution in [2.45, 2.75) is 245 Å². The zero-order valence-electron chi connectivity index (χ0n) is 39.9. The van der Waals surface area contributed by atoms with Crippen molar-refractivity contribution < 1.29 is 28.6 Å². The second-order valence-electron chi connectivity index (χ2n) is 16.7. The maximum absolute atomic E-state index is 12.7. The molecular weight excluding hydrogens is 757 g/mol. The normalized spacial score (nSPS) is 12.6. The van der Waals surface area contributed by atoms with Crippen LogP contribution in [0.5, 0.6) is 0 Å². The van der Waals surface area contributed by atoms with Crippen molar-refractivity contribution >= 4 is 17.9 Å². The molecule has 0 aliphatic carbocycles. The highest BCUT2D eigenvalue weighted by Crippen LogP contribution is 2.14. The van der Waals surface area contributed by atoms with E-state index in [1.165, 1.54) is 89.9 Å². The molecule has 0 aromatic carbocycles. The zero-order valence-corrected chi connectivity index (χ0v) is 39.9. The van der Waals surface area contributed by atoms with Crippen LogP contribution in [0.4, 0.5) is 0 Å². The lowest BCUT2D eigenvalue weighted by Crippen LogP contribution is -2.30. The SMILES string of the molecule is CC/C=C\C/C=C\C/C=C\CCCCC(=O)OC(COC(=O)CCCCCCC/C=C\C/C=C\CC)COC(=O)CCCCCCCCC/C=C\CCCCCCCCCC. The molecular formula is C55H94O6. The topological polar surface area (TPSA) is 78.9 Å². The molecule has 61 heavy (non-hydrogen) atoms. The first kappa shape index (κ1) is 57.9. The van der Waals surface area contributed by atoms with Crippen LogP contribution in [0.3, 0.4) is 0 Å². The molecule has 0 saturated heterocycles. The molecule has 0 aromatic heterocycles. The molecule has 0 aliphatic heterocycles. The van der Waals surface area contributed by atoms with E-state index >= 15 is 0 Å². The molecule has 0 saturated carbocycles.